The Bertz CT molecular complexity index is 681. The summed E-state index contributed by atoms with van der Waals surface area (Å²) in [6.07, 6.45) is 3.57. The second-order valence-corrected chi connectivity index (χ2v) is 5.91. The number of carbonyl (C=O) groups is 1. The molecule has 3 rings (SSSR count). The summed E-state index contributed by atoms with van der Waals surface area (Å²) in [5.41, 5.74) is 0.759. The van der Waals surface area contributed by atoms with Crippen LogP contribution in [0.1, 0.15) is 36.7 Å². The minimum absolute atomic E-state index is 0.00404. The lowest BCUT2D eigenvalue weighted by Crippen LogP contribution is -2.41. The molecule has 1 aliphatic rings. The number of benzene rings is 1. The van der Waals surface area contributed by atoms with E-state index in [0.717, 1.165) is 37.9 Å². The fourth-order valence-corrected chi connectivity index (χ4v) is 3.02. The molecule has 0 saturated carbocycles. The Hall–Kier alpha value is -2.31. The summed E-state index contributed by atoms with van der Waals surface area (Å²) in [5, 5.41) is 11.5. The molecule has 2 aromatic rings. The monoisotopic (exact) mass is 317 g/mol. The molecule has 23 heavy (non-hydrogen) atoms. The normalized spacial score (nSPS) is 16.3. The van der Waals surface area contributed by atoms with Crippen LogP contribution in [0.4, 0.5) is 4.39 Å². The van der Waals surface area contributed by atoms with Gasteiger partial charge in [-0.05, 0) is 54.3 Å². The van der Waals surface area contributed by atoms with E-state index in [9.17, 15) is 9.18 Å². The summed E-state index contributed by atoms with van der Waals surface area (Å²) in [6.45, 7) is 3.29. The first-order chi connectivity index (χ1) is 11.1. The van der Waals surface area contributed by atoms with E-state index >= 15 is 0 Å². The standard InChI is InChI=1S/C16H20FN5O/c1-12-18-19-20-22(12)15(11-13-6-5-7-14(17)10-13)16(23)21-8-3-2-4-9-21/h5-7,10,15H,2-4,8-9,11H2,1H3/t15-/m0/s1. The summed E-state index contributed by atoms with van der Waals surface area (Å²) < 4.78 is 15.0. The first-order valence-corrected chi connectivity index (χ1v) is 7.93. The number of carbonyl (C=O) groups excluding carboxylic acids is 1. The predicted molar refractivity (Wildman–Crippen MR) is 82.1 cm³/mol. The maximum atomic E-state index is 13.5. The first-order valence-electron chi connectivity index (χ1n) is 7.93. The van der Waals surface area contributed by atoms with Crippen LogP contribution >= 0.6 is 0 Å². The number of hydrogen-bond acceptors (Lipinski definition) is 4. The van der Waals surface area contributed by atoms with Crippen molar-refractivity contribution in [1.82, 2.24) is 25.1 Å². The molecule has 0 bridgehead atoms. The quantitative estimate of drug-likeness (QED) is 0.864. The smallest absolute Gasteiger partial charge is 0.247 e. The summed E-state index contributed by atoms with van der Waals surface area (Å²) in [5.74, 6) is 0.279. The number of tetrazole rings is 1. The SMILES string of the molecule is Cc1nnnn1[C@@H](Cc1cccc(F)c1)C(=O)N1CCCCC1. The van der Waals surface area contributed by atoms with Gasteiger partial charge in [-0.25, -0.2) is 9.07 Å². The highest BCUT2D eigenvalue weighted by Gasteiger charge is 2.29. The number of hydrogen-bond donors (Lipinski definition) is 0. The Labute approximate surface area is 134 Å². The van der Waals surface area contributed by atoms with Gasteiger partial charge >= 0.3 is 0 Å². The van der Waals surface area contributed by atoms with Crippen molar-refractivity contribution < 1.29 is 9.18 Å². The lowest BCUT2D eigenvalue weighted by molar-refractivity contribution is -0.136. The molecule has 7 heteroatoms. The molecule has 0 radical (unpaired) electrons. The van der Waals surface area contributed by atoms with Gasteiger partial charge in [-0.15, -0.1) is 5.10 Å². The van der Waals surface area contributed by atoms with Crippen LogP contribution < -0.4 is 0 Å². The number of piperidine rings is 1. The minimum atomic E-state index is -0.537. The van der Waals surface area contributed by atoms with Crippen molar-refractivity contribution in [3.05, 3.63) is 41.5 Å². The highest BCUT2D eigenvalue weighted by molar-refractivity contribution is 5.80. The van der Waals surface area contributed by atoms with Crippen molar-refractivity contribution in [3.63, 3.8) is 0 Å². The first kappa shape index (κ1) is 15.6. The highest BCUT2D eigenvalue weighted by Crippen LogP contribution is 2.20. The zero-order valence-electron chi connectivity index (χ0n) is 13.2. The maximum Gasteiger partial charge on any atom is 0.247 e. The van der Waals surface area contributed by atoms with Gasteiger partial charge in [-0.3, -0.25) is 4.79 Å². The van der Waals surface area contributed by atoms with E-state index in [1.165, 1.54) is 12.1 Å². The molecule has 6 nitrogen and oxygen atoms in total. The van der Waals surface area contributed by atoms with Gasteiger partial charge in [0.25, 0.3) is 0 Å². The van der Waals surface area contributed by atoms with Crippen LogP contribution in [-0.4, -0.2) is 44.1 Å². The van der Waals surface area contributed by atoms with Crippen molar-refractivity contribution in [2.75, 3.05) is 13.1 Å². The van der Waals surface area contributed by atoms with Gasteiger partial charge in [-0.2, -0.15) is 0 Å². The molecule has 0 aliphatic carbocycles. The van der Waals surface area contributed by atoms with E-state index in [2.05, 4.69) is 15.5 Å². The summed E-state index contributed by atoms with van der Waals surface area (Å²) in [6, 6.07) is 5.78. The van der Waals surface area contributed by atoms with Crippen LogP contribution in [0, 0.1) is 12.7 Å². The van der Waals surface area contributed by atoms with Crippen LogP contribution in [0.3, 0.4) is 0 Å². The second-order valence-electron chi connectivity index (χ2n) is 5.91. The second kappa shape index (κ2) is 6.85. The predicted octanol–water partition coefficient (Wildman–Crippen LogP) is 1.92. The number of aromatic nitrogens is 4. The number of nitrogens with zero attached hydrogens (tertiary/aromatic N) is 5. The van der Waals surface area contributed by atoms with Gasteiger partial charge in [-0.1, -0.05) is 12.1 Å². The fourth-order valence-electron chi connectivity index (χ4n) is 3.02. The Kier molecular flexibility index (Phi) is 4.64. The van der Waals surface area contributed by atoms with E-state index in [4.69, 9.17) is 0 Å². The summed E-state index contributed by atoms with van der Waals surface area (Å²) >= 11 is 0. The summed E-state index contributed by atoms with van der Waals surface area (Å²) in [4.78, 5) is 14.8. The minimum Gasteiger partial charge on any atom is -0.341 e. The Morgan fingerprint density at radius 2 is 2.09 bits per heavy atom. The molecule has 1 aliphatic heterocycles. The Morgan fingerprint density at radius 1 is 1.30 bits per heavy atom. The third-order valence-corrected chi connectivity index (χ3v) is 4.22. The van der Waals surface area contributed by atoms with Gasteiger partial charge in [0.05, 0.1) is 0 Å². The van der Waals surface area contributed by atoms with Crippen LogP contribution in [0.2, 0.25) is 0 Å². The number of likely N-dealkylation sites (tertiary alicyclic amines) is 1. The van der Waals surface area contributed by atoms with E-state index in [-0.39, 0.29) is 11.7 Å². The van der Waals surface area contributed by atoms with Crippen molar-refractivity contribution in [3.8, 4) is 0 Å². The van der Waals surface area contributed by atoms with Crippen molar-refractivity contribution >= 4 is 5.91 Å². The van der Waals surface area contributed by atoms with Crippen LogP contribution in [0.25, 0.3) is 0 Å². The van der Waals surface area contributed by atoms with Crippen LogP contribution in [0.5, 0.6) is 0 Å². The zero-order valence-corrected chi connectivity index (χ0v) is 13.2. The molecule has 1 aromatic carbocycles. The molecule has 1 fully saturated rings. The van der Waals surface area contributed by atoms with Crippen molar-refractivity contribution in [2.45, 2.75) is 38.6 Å². The number of amides is 1. The molecule has 0 unspecified atom stereocenters. The van der Waals surface area contributed by atoms with Crippen molar-refractivity contribution in [2.24, 2.45) is 0 Å². The average molecular weight is 317 g/mol. The molecule has 122 valence electrons. The molecule has 2 heterocycles. The molecule has 1 saturated heterocycles. The number of aryl methyl sites for hydroxylation is 1. The molecular formula is C16H20FN5O. The van der Waals surface area contributed by atoms with Gasteiger partial charge < -0.3 is 4.90 Å². The molecule has 0 spiro atoms. The average Bonchev–Trinajstić information content (AvgIpc) is 2.99. The van der Waals surface area contributed by atoms with Crippen LogP contribution in [0.15, 0.2) is 24.3 Å². The Balaban J connectivity index is 1.87. The highest BCUT2D eigenvalue weighted by atomic mass is 19.1. The number of halogens is 1. The third-order valence-electron chi connectivity index (χ3n) is 4.22. The third kappa shape index (κ3) is 3.55. The molecule has 1 amide bonds. The molecular weight excluding hydrogens is 297 g/mol. The van der Waals surface area contributed by atoms with Crippen LogP contribution in [-0.2, 0) is 11.2 Å². The van der Waals surface area contributed by atoms with E-state index < -0.39 is 6.04 Å². The van der Waals surface area contributed by atoms with E-state index in [1.54, 1.807) is 17.7 Å². The lowest BCUT2D eigenvalue weighted by Gasteiger charge is -2.30. The van der Waals surface area contributed by atoms with E-state index in [1.807, 2.05) is 11.0 Å². The largest absolute Gasteiger partial charge is 0.341 e. The van der Waals surface area contributed by atoms with Gasteiger partial charge in [0, 0.05) is 19.5 Å². The maximum absolute atomic E-state index is 13.5. The lowest BCUT2D eigenvalue weighted by atomic mass is 10.0. The summed E-state index contributed by atoms with van der Waals surface area (Å²) in [7, 11) is 0. The topological polar surface area (TPSA) is 63.9 Å². The van der Waals surface area contributed by atoms with Crippen molar-refractivity contribution in [1.29, 1.82) is 0 Å². The molecule has 1 atom stereocenters. The fraction of sp³-hybridized carbons (Fsp3) is 0.500. The van der Waals surface area contributed by atoms with E-state index in [0.29, 0.717) is 12.2 Å². The van der Waals surface area contributed by atoms with Gasteiger partial charge in [0.2, 0.25) is 5.91 Å². The zero-order chi connectivity index (χ0) is 16.2. The Morgan fingerprint density at radius 3 is 2.74 bits per heavy atom. The molecule has 0 N–H and O–H groups in total. The molecule has 1 aromatic heterocycles. The van der Waals surface area contributed by atoms with Gasteiger partial charge in [0.15, 0.2) is 0 Å². The number of rotatable bonds is 4. The van der Waals surface area contributed by atoms with Gasteiger partial charge in [0.1, 0.15) is 17.7 Å².